The number of pyridine rings is 1. The third kappa shape index (κ3) is 7.92. The molecule has 0 saturated heterocycles. The van der Waals surface area contributed by atoms with Crippen molar-refractivity contribution in [2.45, 2.75) is 19.2 Å². The van der Waals surface area contributed by atoms with Gasteiger partial charge in [0.25, 0.3) is 5.56 Å². The highest BCUT2D eigenvalue weighted by Gasteiger charge is 2.17. The number of hydrogen-bond acceptors (Lipinski definition) is 6. The molecule has 0 spiro atoms. The molecule has 0 unspecified atom stereocenters. The van der Waals surface area contributed by atoms with E-state index in [0.29, 0.717) is 16.3 Å². The molecule has 0 aliphatic heterocycles. The quantitative estimate of drug-likeness (QED) is 0.144. The molecule has 13 heteroatoms. The number of nitrogens with two attached hydrogens (primary N) is 1. The predicted octanol–water partition coefficient (Wildman–Crippen LogP) is 0.283. The van der Waals surface area contributed by atoms with Crippen molar-refractivity contribution in [2.75, 3.05) is 17.9 Å². The molecule has 0 aliphatic carbocycles. The van der Waals surface area contributed by atoms with Gasteiger partial charge < -0.3 is 15.6 Å². The van der Waals surface area contributed by atoms with Crippen LogP contribution in [0.25, 0.3) is 0 Å². The van der Waals surface area contributed by atoms with Crippen LogP contribution < -0.4 is 26.8 Å². The highest BCUT2D eigenvalue weighted by Crippen LogP contribution is 2.15. The number of benzene rings is 1. The van der Waals surface area contributed by atoms with Crippen LogP contribution in [0, 0.1) is 12.3 Å². The van der Waals surface area contributed by atoms with E-state index in [1.807, 2.05) is 0 Å². The molecule has 1 aromatic heterocycles. The molecule has 168 valence electrons. The number of carbonyl (C=O) groups excluding carboxylic acids is 1. The zero-order valence-electron chi connectivity index (χ0n) is 16.6. The van der Waals surface area contributed by atoms with E-state index in [9.17, 15) is 18.0 Å². The second-order valence-corrected chi connectivity index (χ2v) is 8.64. The largest absolute Gasteiger partial charge is 0.368 e. The van der Waals surface area contributed by atoms with E-state index < -0.39 is 21.5 Å². The maximum absolute atomic E-state index is 12.7. The average molecular weight is 471 g/mol. The predicted molar refractivity (Wildman–Crippen MR) is 117 cm³/mol. The van der Waals surface area contributed by atoms with E-state index in [4.69, 9.17) is 27.6 Å². The lowest BCUT2D eigenvalue weighted by atomic mass is 10.2. The van der Waals surface area contributed by atoms with Crippen molar-refractivity contribution in [3.05, 3.63) is 63.0 Å². The number of aryl methyl sites for hydroxylation is 1. The molecule has 1 heterocycles. The van der Waals surface area contributed by atoms with Crippen LogP contribution in [0.1, 0.15) is 11.3 Å². The molecule has 2 aromatic rings. The minimum Gasteiger partial charge on any atom is -0.368 e. The summed E-state index contributed by atoms with van der Waals surface area (Å²) in [6.07, 6.45) is 0. The van der Waals surface area contributed by atoms with Crippen molar-refractivity contribution < 1.29 is 18.0 Å². The van der Waals surface area contributed by atoms with Gasteiger partial charge in [0, 0.05) is 17.3 Å². The summed E-state index contributed by atoms with van der Waals surface area (Å²) in [4.78, 5) is 29.6. The van der Waals surface area contributed by atoms with Gasteiger partial charge in [0.05, 0.1) is 12.4 Å². The maximum Gasteiger partial charge on any atom is 0.275 e. The van der Waals surface area contributed by atoms with E-state index in [1.54, 1.807) is 25.1 Å². The second-order valence-electron chi connectivity index (χ2n) is 6.48. The highest BCUT2D eigenvalue weighted by atomic mass is 35.5. The molecule has 1 aromatic carbocycles. The normalized spacial score (nSPS) is 11.0. The van der Waals surface area contributed by atoms with Crippen molar-refractivity contribution in [2.24, 2.45) is 5.73 Å². The Morgan fingerprint density at radius 3 is 2.71 bits per heavy atom. The summed E-state index contributed by atoms with van der Waals surface area (Å²) in [5, 5.41) is 9.87. The first-order chi connectivity index (χ1) is 14.6. The summed E-state index contributed by atoms with van der Waals surface area (Å²) in [6, 6.07) is 9.27. The average Bonchev–Trinajstić information content (AvgIpc) is 2.66. The first-order valence-corrected chi connectivity index (χ1v) is 11.0. The SMILES string of the molecule is Cc1ccc(NS(=O)(=O)Cc2cccc(Cl)c2)c(=O)n1CC(=O)NCCONC(=N)N. The van der Waals surface area contributed by atoms with Gasteiger partial charge in [0.15, 0.2) is 0 Å². The van der Waals surface area contributed by atoms with Crippen LogP contribution in [0.5, 0.6) is 0 Å². The van der Waals surface area contributed by atoms with Crippen LogP contribution in [0.4, 0.5) is 5.69 Å². The number of hydroxylamine groups is 1. The van der Waals surface area contributed by atoms with Gasteiger partial charge in [0.2, 0.25) is 21.9 Å². The molecule has 0 bridgehead atoms. The Bertz CT molecular complexity index is 1120. The molecule has 0 fully saturated rings. The fraction of sp³-hybridized carbons (Fsp3) is 0.278. The molecule has 0 saturated carbocycles. The smallest absolute Gasteiger partial charge is 0.275 e. The van der Waals surface area contributed by atoms with E-state index >= 15 is 0 Å². The lowest BCUT2D eigenvalue weighted by Gasteiger charge is -2.14. The summed E-state index contributed by atoms with van der Waals surface area (Å²) in [5.41, 5.74) is 7.28. The van der Waals surface area contributed by atoms with Gasteiger partial charge >= 0.3 is 0 Å². The van der Waals surface area contributed by atoms with Gasteiger partial charge in [-0.3, -0.25) is 24.6 Å². The molecule has 2 rings (SSSR count). The molecule has 1 amide bonds. The van der Waals surface area contributed by atoms with Gasteiger partial charge in [0.1, 0.15) is 12.2 Å². The Morgan fingerprint density at radius 1 is 1.29 bits per heavy atom. The molecule has 0 aliphatic rings. The first kappa shape index (κ1) is 24.2. The van der Waals surface area contributed by atoms with Crippen molar-refractivity contribution >= 4 is 39.2 Å². The third-order valence-corrected chi connectivity index (χ3v) is 5.39. The van der Waals surface area contributed by atoms with Crippen LogP contribution in [0.3, 0.4) is 0 Å². The number of sulfonamides is 1. The van der Waals surface area contributed by atoms with Gasteiger partial charge in [-0.25, -0.2) is 13.9 Å². The van der Waals surface area contributed by atoms with Crippen LogP contribution in [-0.2, 0) is 32.0 Å². The topological polar surface area (TPSA) is 168 Å². The maximum atomic E-state index is 12.7. The van der Waals surface area contributed by atoms with Crippen molar-refractivity contribution in [3.8, 4) is 0 Å². The van der Waals surface area contributed by atoms with Gasteiger partial charge in [-0.1, -0.05) is 23.7 Å². The van der Waals surface area contributed by atoms with E-state index in [1.165, 1.54) is 18.2 Å². The standard InChI is InChI=1S/C18H23ClN6O5S/c1-12-5-6-15(24-31(28,29)11-13-3-2-4-14(19)9-13)17(27)25(12)10-16(26)22-7-8-30-23-18(20)21/h2-6,9,24H,7-8,10-11H2,1H3,(H,22,26)(H4,20,21,23). The lowest BCUT2D eigenvalue weighted by Crippen LogP contribution is -2.37. The monoisotopic (exact) mass is 470 g/mol. The molecule has 6 N–H and O–H groups in total. The summed E-state index contributed by atoms with van der Waals surface area (Å²) in [5.74, 6) is -1.21. The summed E-state index contributed by atoms with van der Waals surface area (Å²) in [6.45, 7) is 1.47. The Kier molecular flexibility index (Phi) is 8.42. The van der Waals surface area contributed by atoms with Crippen molar-refractivity contribution in [3.63, 3.8) is 0 Å². The Balaban J connectivity index is 2.05. The highest BCUT2D eigenvalue weighted by molar-refractivity contribution is 7.91. The molecule has 31 heavy (non-hydrogen) atoms. The molecule has 0 atom stereocenters. The van der Waals surface area contributed by atoms with Crippen LogP contribution in [0.15, 0.2) is 41.2 Å². The zero-order chi connectivity index (χ0) is 23.0. The number of amides is 1. The Labute approximate surface area is 184 Å². The second kappa shape index (κ2) is 10.8. The molecule has 11 nitrogen and oxygen atoms in total. The number of carbonyl (C=O) groups is 1. The number of nitrogens with one attached hydrogen (secondary N) is 4. The third-order valence-electron chi connectivity index (χ3n) is 3.91. The van der Waals surface area contributed by atoms with E-state index in [-0.39, 0.29) is 37.1 Å². The zero-order valence-corrected chi connectivity index (χ0v) is 18.2. The van der Waals surface area contributed by atoms with Gasteiger partial charge in [-0.15, -0.1) is 0 Å². The lowest BCUT2D eigenvalue weighted by molar-refractivity contribution is -0.122. The van der Waals surface area contributed by atoms with Gasteiger partial charge in [-0.2, -0.15) is 0 Å². The van der Waals surface area contributed by atoms with Crippen molar-refractivity contribution in [1.29, 1.82) is 5.41 Å². The van der Waals surface area contributed by atoms with Crippen LogP contribution >= 0.6 is 11.6 Å². The fourth-order valence-corrected chi connectivity index (χ4v) is 3.96. The number of guanidine groups is 1. The summed E-state index contributed by atoms with van der Waals surface area (Å²) < 4.78 is 28.4. The summed E-state index contributed by atoms with van der Waals surface area (Å²) in [7, 11) is -3.89. The minimum atomic E-state index is -3.89. The van der Waals surface area contributed by atoms with Crippen LogP contribution in [-0.4, -0.2) is 38.0 Å². The number of rotatable bonds is 10. The minimum absolute atomic E-state index is 0.0442. The number of hydrogen-bond donors (Lipinski definition) is 5. The fourth-order valence-electron chi connectivity index (χ4n) is 2.56. The number of anilines is 1. The van der Waals surface area contributed by atoms with Crippen LogP contribution in [0.2, 0.25) is 5.02 Å². The van der Waals surface area contributed by atoms with Crippen molar-refractivity contribution in [1.82, 2.24) is 15.4 Å². The van der Waals surface area contributed by atoms with Gasteiger partial charge in [-0.05, 0) is 36.8 Å². The number of nitrogens with zero attached hydrogens (tertiary/aromatic N) is 1. The van der Waals surface area contributed by atoms with E-state index in [2.05, 4.69) is 15.5 Å². The Hall–Kier alpha value is -3.09. The van der Waals surface area contributed by atoms with E-state index in [0.717, 1.165) is 4.57 Å². The Morgan fingerprint density at radius 2 is 2.03 bits per heavy atom. The number of aromatic nitrogens is 1. The first-order valence-electron chi connectivity index (χ1n) is 9.01. The number of halogens is 1. The summed E-state index contributed by atoms with van der Waals surface area (Å²) >= 11 is 5.88. The molecule has 0 radical (unpaired) electrons. The molecular weight excluding hydrogens is 448 g/mol. The molecular formula is C18H23ClN6O5S.